The molecule has 0 bridgehead atoms. The van der Waals surface area contributed by atoms with E-state index in [1.807, 2.05) is 0 Å². The average Bonchev–Trinajstić information content (AvgIpc) is 2.95. The summed E-state index contributed by atoms with van der Waals surface area (Å²) in [6.45, 7) is 8.63. The van der Waals surface area contributed by atoms with E-state index in [0.29, 0.717) is 6.04 Å². The Morgan fingerprint density at radius 3 is 2.48 bits per heavy atom. The van der Waals surface area contributed by atoms with Gasteiger partial charge in [-0.15, -0.1) is 24.8 Å². The lowest BCUT2D eigenvalue weighted by atomic mass is 9.85. The van der Waals surface area contributed by atoms with Crippen LogP contribution in [0.5, 0.6) is 0 Å². The molecule has 0 aromatic carbocycles. The Bertz CT molecular complexity index is 313. The van der Waals surface area contributed by atoms with Gasteiger partial charge in [0.05, 0.1) is 6.04 Å². The zero-order chi connectivity index (χ0) is 15.1. The van der Waals surface area contributed by atoms with E-state index in [-0.39, 0.29) is 36.8 Å². The highest BCUT2D eigenvalue weighted by Gasteiger charge is 2.37. The van der Waals surface area contributed by atoms with Crippen LogP contribution in [0.4, 0.5) is 0 Å². The Hall–Kier alpha value is -0.0300. The fourth-order valence-electron chi connectivity index (χ4n) is 3.86. The molecule has 1 heterocycles. The van der Waals surface area contributed by atoms with Crippen LogP contribution in [0.3, 0.4) is 0 Å². The van der Waals surface area contributed by atoms with Crippen molar-refractivity contribution in [3.8, 4) is 0 Å². The van der Waals surface area contributed by atoms with Gasteiger partial charge in [-0.3, -0.25) is 4.79 Å². The lowest BCUT2D eigenvalue weighted by Gasteiger charge is -2.24. The van der Waals surface area contributed by atoms with Gasteiger partial charge in [-0.05, 0) is 57.7 Å². The van der Waals surface area contributed by atoms with Crippen molar-refractivity contribution in [2.75, 3.05) is 26.2 Å². The predicted octanol–water partition coefficient (Wildman–Crippen LogP) is 2.99. The van der Waals surface area contributed by atoms with E-state index in [1.54, 1.807) is 0 Å². The van der Waals surface area contributed by atoms with Gasteiger partial charge in [-0.1, -0.05) is 26.7 Å². The Morgan fingerprint density at radius 2 is 1.83 bits per heavy atom. The number of hydrogen-bond donors (Lipinski definition) is 2. The summed E-state index contributed by atoms with van der Waals surface area (Å²) in [6.07, 6.45) is 8.56. The van der Waals surface area contributed by atoms with E-state index >= 15 is 0 Å². The predicted molar refractivity (Wildman–Crippen MR) is 102 cm³/mol. The minimum absolute atomic E-state index is 0. The number of nitrogens with zero attached hydrogens (tertiary/aromatic N) is 1. The number of fused-ring (bicyclic) bond motifs is 1. The molecule has 3 atom stereocenters. The summed E-state index contributed by atoms with van der Waals surface area (Å²) in [5, 5.41) is 6.67. The Morgan fingerprint density at radius 1 is 1.13 bits per heavy atom. The maximum atomic E-state index is 12.2. The highest BCUT2D eigenvalue weighted by atomic mass is 35.5. The number of carbonyl (C=O) groups is 1. The molecule has 0 radical (unpaired) electrons. The molecule has 1 amide bonds. The second kappa shape index (κ2) is 12.3. The van der Waals surface area contributed by atoms with Crippen LogP contribution in [0.1, 0.15) is 58.8 Å². The monoisotopic (exact) mass is 367 g/mol. The molecule has 1 saturated carbocycles. The van der Waals surface area contributed by atoms with E-state index in [1.165, 1.54) is 32.1 Å². The van der Waals surface area contributed by atoms with E-state index in [0.717, 1.165) is 44.9 Å². The molecule has 1 aliphatic carbocycles. The number of rotatable bonds is 8. The summed E-state index contributed by atoms with van der Waals surface area (Å²) < 4.78 is 0. The van der Waals surface area contributed by atoms with Crippen LogP contribution in [0.2, 0.25) is 0 Å². The van der Waals surface area contributed by atoms with Crippen LogP contribution >= 0.6 is 24.8 Å². The van der Waals surface area contributed by atoms with Crippen LogP contribution in [-0.2, 0) is 4.79 Å². The smallest absolute Gasteiger partial charge is 0.237 e. The molecule has 4 nitrogen and oxygen atoms in total. The molecule has 23 heavy (non-hydrogen) atoms. The molecular formula is C17H35Cl2N3O. The van der Waals surface area contributed by atoms with Crippen molar-refractivity contribution in [3.05, 3.63) is 0 Å². The van der Waals surface area contributed by atoms with Crippen molar-refractivity contribution in [1.82, 2.24) is 15.5 Å². The van der Waals surface area contributed by atoms with E-state index in [9.17, 15) is 4.79 Å². The Balaban J connectivity index is 0.00000242. The van der Waals surface area contributed by atoms with E-state index in [4.69, 9.17) is 0 Å². The van der Waals surface area contributed by atoms with Crippen molar-refractivity contribution in [2.24, 2.45) is 5.92 Å². The first-order valence-electron chi connectivity index (χ1n) is 9.00. The molecule has 3 unspecified atom stereocenters. The van der Waals surface area contributed by atoms with E-state index < -0.39 is 0 Å². The van der Waals surface area contributed by atoms with Crippen LogP contribution in [0, 0.1) is 5.92 Å². The largest absolute Gasteiger partial charge is 0.355 e. The quantitative estimate of drug-likeness (QED) is 0.648. The highest BCUT2D eigenvalue weighted by Crippen LogP contribution is 2.33. The van der Waals surface area contributed by atoms with Crippen molar-refractivity contribution in [1.29, 1.82) is 0 Å². The number of hydrogen-bond acceptors (Lipinski definition) is 3. The van der Waals surface area contributed by atoms with Gasteiger partial charge in [0.1, 0.15) is 0 Å². The maximum absolute atomic E-state index is 12.2. The topological polar surface area (TPSA) is 44.4 Å². The normalized spacial score (nSPS) is 26.1. The molecule has 0 spiro atoms. The Kier molecular flexibility index (Phi) is 12.3. The fourth-order valence-corrected chi connectivity index (χ4v) is 3.86. The summed E-state index contributed by atoms with van der Waals surface area (Å²) in [5.41, 5.74) is 0. The van der Waals surface area contributed by atoms with Gasteiger partial charge >= 0.3 is 0 Å². The van der Waals surface area contributed by atoms with Gasteiger partial charge in [-0.2, -0.15) is 0 Å². The molecule has 1 aliphatic heterocycles. The standard InChI is InChI=1S/C17H33N3O.2ClH/c1-3-20(4-2)12-8-7-11-18-17(21)16-13-14-9-5-6-10-15(14)19-16;;/h14-16,19H,3-13H2,1-2H3,(H,18,21);2*1H. The minimum atomic E-state index is 0. The summed E-state index contributed by atoms with van der Waals surface area (Å²) in [6, 6.07) is 0.679. The summed E-state index contributed by atoms with van der Waals surface area (Å²) in [5.74, 6) is 0.976. The molecule has 6 heteroatoms. The first kappa shape index (κ1) is 23.0. The highest BCUT2D eigenvalue weighted by molar-refractivity contribution is 5.85. The third kappa shape index (κ3) is 7.16. The number of nitrogens with one attached hydrogen (secondary N) is 2. The second-order valence-corrected chi connectivity index (χ2v) is 6.63. The number of amides is 1. The van der Waals surface area contributed by atoms with Crippen molar-refractivity contribution in [3.63, 3.8) is 0 Å². The lowest BCUT2D eigenvalue weighted by Crippen LogP contribution is -2.43. The minimum Gasteiger partial charge on any atom is -0.355 e. The summed E-state index contributed by atoms with van der Waals surface area (Å²) in [4.78, 5) is 14.6. The molecule has 0 aromatic rings. The first-order valence-corrected chi connectivity index (χ1v) is 9.00. The van der Waals surface area contributed by atoms with Crippen LogP contribution in [0.25, 0.3) is 0 Å². The number of carbonyl (C=O) groups excluding carboxylic acids is 1. The van der Waals surface area contributed by atoms with Gasteiger partial charge in [0.2, 0.25) is 5.91 Å². The molecule has 138 valence electrons. The first-order chi connectivity index (χ1) is 10.2. The number of unbranched alkanes of at least 4 members (excludes halogenated alkanes) is 1. The van der Waals surface area contributed by atoms with Gasteiger partial charge in [0.15, 0.2) is 0 Å². The van der Waals surface area contributed by atoms with Crippen LogP contribution in [-0.4, -0.2) is 49.1 Å². The second-order valence-electron chi connectivity index (χ2n) is 6.63. The molecule has 2 N–H and O–H groups in total. The van der Waals surface area contributed by atoms with Gasteiger partial charge in [0, 0.05) is 12.6 Å². The van der Waals surface area contributed by atoms with E-state index in [2.05, 4.69) is 29.4 Å². The SMILES string of the molecule is CCN(CC)CCCCNC(=O)C1CC2CCCCC2N1.Cl.Cl. The summed E-state index contributed by atoms with van der Waals surface area (Å²) >= 11 is 0. The molecule has 2 rings (SSSR count). The maximum Gasteiger partial charge on any atom is 0.237 e. The zero-order valence-corrected chi connectivity index (χ0v) is 16.3. The van der Waals surface area contributed by atoms with Gasteiger partial charge in [0.25, 0.3) is 0 Å². The van der Waals surface area contributed by atoms with Crippen molar-refractivity contribution in [2.45, 2.75) is 70.9 Å². The van der Waals surface area contributed by atoms with Crippen molar-refractivity contribution < 1.29 is 4.79 Å². The zero-order valence-electron chi connectivity index (χ0n) is 14.7. The summed E-state index contributed by atoms with van der Waals surface area (Å²) in [7, 11) is 0. The molecule has 2 fully saturated rings. The average molecular weight is 368 g/mol. The molecule has 0 aromatic heterocycles. The molecule has 1 saturated heterocycles. The third-order valence-electron chi connectivity index (χ3n) is 5.27. The van der Waals surface area contributed by atoms with Gasteiger partial charge < -0.3 is 15.5 Å². The van der Waals surface area contributed by atoms with Crippen LogP contribution in [0.15, 0.2) is 0 Å². The van der Waals surface area contributed by atoms with Gasteiger partial charge in [-0.25, -0.2) is 0 Å². The van der Waals surface area contributed by atoms with Crippen molar-refractivity contribution >= 4 is 30.7 Å². The van der Waals surface area contributed by atoms with Crippen LogP contribution < -0.4 is 10.6 Å². The molecular weight excluding hydrogens is 333 g/mol. The third-order valence-corrected chi connectivity index (χ3v) is 5.27. The lowest BCUT2D eigenvalue weighted by molar-refractivity contribution is -0.122. The Labute approximate surface area is 154 Å². The molecule has 2 aliphatic rings. The number of halogens is 2. The fraction of sp³-hybridized carbons (Fsp3) is 0.941.